The van der Waals surface area contributed by atoms with Gasteiger partial charge < -0.3 is 5.32 Å². The van der Waals surface area contributed by atoms with Crippen LogP contribution in [0.15, 0.2) is 59.5 Å². The van der Waals surface area contributed by atoms with E-state index in [0.717, 1.165) is 11.3 Å². The highest BCUT2D eigenvalue weighted by atomic mass is 35.5. The molecular weight excluding hydrogens is 294 g/mol. The van der Waals surface area contributed by atoms with E-state index >= 15 is 0 Å². The van der Waals surface area contributed by atoms with Crippen LogP contribution in [0.2, 0.25) is 0 Å². The third-order valence-electron chi connectivity index (χ3n) is 2.93. The molecule has 1 unspecified atom stereocenters. The van der Waals surface area contributed by atoms with E-state index in [2.05, 4.69) is 5.32 Å². The Morgan fingerprint density at radius 2 is 1.65 bits per heavy atom. The van der Waals surface area contributed by atoms with Crippen LogP contribution in [0.5, 0.6) is 0 Å². The molecule has 0 saturated carbocycles. The Morgan fingerprint density at radius 1 is 1.05 bits per heavy atom. The molecule has 0 aromatic heterocycles. The minimum Gasteiger partial charge on any atom is -0.383 e. The zero-order valence-electron chi connectivity index (χ0n) is 11.1. The second kappa shape index (κ2) is 6.29. The molecule has 2 rings (SSSR count). The number of halogens is 1. The van der Waals surface area contributed by atoms with Gasteiger partial charge in [-0.3, -0.25) is 0 Å². The lowest BCUT2D eigenvalue weighted by molar-refractivity contribution is 0.602. The van der Waals surface area contributed by atoms with E-state index in [-0.39, 0.29) is 5.38 Å². The zero-order valence-corrected chi connectivity index (χ0v) is 12.7. The fourth-order valence-corrected chi connectivity index (χ4v) is 2.66. The molecule has 5 heteroatoms. The summed E-state index contributed by atoms with van der Waals surface area (Å²) >= 11 is 6.30. The number of rotatable bonds is 5. The molecule has 2 aromatic carbocycles. The number of hydrogen-bond acceptors (Lipinski definition) is 3. The average molecular weight is 310 g/mol. The highest BCUT2D eigenvalue weighted by Crippen LogP contribution is 2.21. The Morgan fingerprint density at radius 3 is 2.20 bits per heavy atom. The maximum Gasteiger partial charge on any atom is 0.175 e. The van der Waals surface area contributed by atoms with Crippen molar-refractivity contribution in [1.29, 1.82) is 0 Å². The van der Waals surface area contributed by atoms with Gasteiger partial charge in [0.25, 0.3) is 0 Å². The van der Waals surface area contributed by atoms with Crippen molar-refractivity contribution in [2.24, 2.45) is 0 Å². The largest absolute Gasteiger partial charge is 0.383 e. The highest BCUT2D eigenvalue weighted by Gasteiger charge is 2.08. The summed E-state index contributed by atoms with van der Waals surface area (Å²) in [5.74, 6) is 0. The van der Waals surface area contributed by atoms with Crippen molar-refractivity contribution in [3.8, 4) is 0 Å². The zero-order chi connectivity index (χ0) is 14.6. The molecule has 0 spiro atoms. The van der Waals surface area contributed by atoms with Gasteiger partial charge in [-0.15, -0.1) is 11.6 Å². The Kier molecular flexibility index (Phi) is 4.68. The van der Waals surface area contributed by atoms with Gasteiger partial charge in [0, 0.05) is 18.5 Å². The van der Waals surface area contributed by atoms with Crippen molar-refractivity contribution in [1.82, 2.24) is 0 Å². The van der Waals surface area contributed by atoms with Crippen LogP contribution in [0.25, 0.3) is 0 Å². The summed E-state index contributed by atoms with van der Waals surface area (Å²) in [7, 11) is -3.15. The fraction of sp³-hybridized carbons (Fsp3) is 0.200. The molecule has 106 valence electrons. The smallest absolute Gasteiger partial charge is 0.175 e. The Bertz CT molecular complexity index is 654. The summed E-state index contributed by atoms with van der Waals surface area (Å²) in [4.78, 5) is 0.313. The second-order valence-electron chi connectivity index (χ2n) is 4.56. The number of hydrogen-bond donors (Lipinski definition) is 1. The molecule has 20 heavy (non-hydrogen) atoms. The summed E-state index contributed by atoms with van der Waals surface area (Å²) in [6.45, 7) is 0.573. The molecule has 1 atom stereocenters. The van der Waals surface area contributed by atoms with Crippen molar-refractivity contribution in [2.75, 3.05) is 18.1 Å². The van der Waals surface area contributed by atoms with Gasteiger partial charge >= 0.3 is 0 Å². The molecule has 0 saturated heterocycles. The molecule has 0 aliphatic rings. The molecule has 0 aliphatic carbocycles. The van der Waals surface area contributed by atoms with Gasteiger partial charge in [0.1, 0.15) is 0 Å². The molecule has 0 radical (unpaired) electrons. The lowest BCUT2D eigenvalue weighted by Crippen LogP contribution is -2.08. The molecule has 2 aromatic rings. The minimum atomic E-state index is -3.15. The molecule has 0 fully saturated rings. The maximum atomic E-state index is 11.4. The van der Waals surface area contributed by atoms with Gasteiger partial charge in [0.15, 0.2) is 9.84 Å². The Balaban J connectivity index is 1.98. The predicted octanol–water partition coefficient (Wildman–Crippen LogP) is 3.48. The molecule has 1 N–H and O–H groups in total. The van der Waals surface area contributed by atoms with Crippen molar-refractivity contribution in [2.45, 2.75) is 10.3 Å². The first-order valence-electron chi connectivity index (χ1n) is 6.20. The van der Waals surface area contributed by atoms with Crippen LogP contribution < -0.4 is 5.32 Å². The van der Waals surface area contributed by atoms with Crippen LogP contribution in [0.1, 0.15) is 10.9 Å². The molecule has 0 amide bonds. The third-order valence-corrected chi connectivity index (χ3v) is 4.46. The summed E-state index contributed by atoms with van der Waals surface area (Å²) in [5, 5.41) is 3.06. The van der Waals surface area contributed by atoms with E-state index in [1.165, 1.54) is 6.26 Å². The van der Waals surface area contributed by atoms with Crippen LogP contribution in [-0.2, 0) is 9.84 Å². The standard InChI is InChI=1S/C15H16ClNO2S/c1-20(18,19)14-9-7-13(8-10-14)17-11-15(16)12-5-3-2-4-6-12/h2-10,15,17H,11H2,1H3. The molecule has 0 aliphatic heterocycles. The summed E-state index contributed by atoms with van der Waals surface area (Å²) in [5.41, 5.74) is 1.90. The Labute approximate surface area is 124 Å². The van der Waals surface area contributed by atoms with E-state index < -0.39 is 9.84 Å². The van der Waals surface area contributed by atoms with Crippen molar-refractivity contribution in [3.63, 3.8) is 0 Å². The van der Waals surface area contributed by atoms with Crippen LogP contribution in [0, 0.1) is 0 Å². The topological polar surface area (TPSA) is 46.2 Å². The number of nitrogens with one attached hydrogen (secondary N) is 1. The van der Waals surface area contributed by atoms with Crippen molar-refractivity contribution >= 4 is 27.1 Å². The SMILES string of the molecule is CS(=O)(=O)c1ccc(NCC(Cl)c2ccccc2)cc1. The first-order chi connectivity index (χ1) is 9.47. The quantitative estimate of drug-likeness (QED) is 0.860. The lowest BCUT2D eigenvalue weighted by atomic mass is 10.1. The molecule has 0 bridgehead atoms. The van der Waals surface area contributed by atoms with E-state index in [0.29, 0.717) is 11.4 Å². The van der Waals surface area contributed by atoms with Crippen LogP contribution in [0.4, 0.5) is 5.69 Å². The van der Waals surface area contributed by atoms with Crippen LogP contribution >= 0.6 is 11.6 Å². The first-order valence-corrected chi connectivity index (χ1v) is 8.52. The predicted molar refractivity (Wildman–Crippen MR) is 83.1 cm³/mol. The summed E-state index contributed by atoms with van der Waals surface area (Å²) in [6, 6.07) is 16.5. The van der Waals surface area contributed by atoms with Gasteiger partial charge in [-0.25, -0.2) is 8.42 Å². The van der Waals surface area contributed by atoms with E-state index in [9.17, 15) is 8.42 Å². The maximum absolute atomic E-state index is 11.4. The molecule has 3 nitrogen and oxygen atoms in total. The Hall–Kier alpha value is -1.52. The van der Waals surface area contributed by atoms with Gasteiger partial charge in [-0.05, 0) is 29.8 Å². The van der Waals surface area contributed by atoms with Gasteiger partial charge in [0.2, 0.25) is 0 Å². The highest BCUT2D eigenvalue weighted by molar-refractivity contribution is 7.90. The van der Waals surface area contributed by atoms with Crippen molar-refractivity contribution in [3.05, 3.63) is 60.2 Å². The van der Waals surface area contributed by atoms with Crippen molar-refractivity contribution < 1.29 is 8.42 Å². The fourth-order valence-electron chi connectivity index (χ4n) is 1.81. The molecular formula is C15H16ClNO2S. The third kappa shape index (κ3) is 3.99. The number of sulfone groups is 1. The number of benzene rings is 2. The minimum absolute atomic E-state index is 0.134. The number of anilines is 1. The first kappa shape index (κ1) is 14.9. The lowest BCUT2D eigenvalue weighted by Gasteiger charge is -2.12. The van der Waals surface area contributed by atoms with Crippen LogP contribution in [0.3, 0.4) is 0 Å². The van der Waals surface area contributed by atoms with Gasteiger partial charge in [-0.2, -0.15) is 0 Å². The van der Waals surface area contributed by atoms with E-state index in [1.54, 1.807) is 24.3 Å². The van der Waals surface area contributed by atoms with Gasteiger partial charge in [0.05, 0.1) is 10.3 Å². The van der Waals surface area contributed by atoms with E-state index in [4.69, 9.17) is 11.6 Å². The second-order valence-corrected chi connectivity index (χ2v) is 7.10. The van der Waals surface area contributed by atoms with E-state index in [1.807, 2.05) is 30.3 Å². The normalized spacial score (nSPS) is 12.9. The monoisotopic (exact) mass is 309 g/mol. The van der Waals surface area contributed by atoms with Gasteiger partial charge in [-0.1, -0.05) is 30.3 Å². The summed E-state index contributed by atoms with van der Waals surface area (Å²) < 4.78 is 22.7. The van der Waals surface area contributed by atoms with Crippen LogP contribution in [-0.4, -0.2) is 21.2 Å². The number of alkyl halides is 1. The summed E-state index contributed by atoms with van der Waals surface area (Å²) in [6.07, 6.45) is 1.19. The molecule has 0 heterocycles. The average Bonchev–Trinajstić information content (AvgIpc) is 2.45.